The maximum atomic E-state index is 12.6. The predicted octanol–water partition coefficient (Wildman–Crippen LogP) is 4.21. The first kappa shape index (κ1) is 22.4. The van der Waals surface area contributed by atoms with Crippen molar-refractivity contribution in [1.29, 1.82) is 0 Å². The molecule has 2 saturated carbocycles. The van der Waals surface area contributed by atoms with Crippen molar-refractivity contribution in [3.05, 3.63) is 59.7 Å². The highest BCUT2D eigenvalue weighted by atomic mass is 16.5. The third-order valence-corrected chi connectivity index (χ3v) is 7.90. The minimum Gasteiger partial charge on any atom is -0.480 e. The van der Waals surface area contributed by atoms with Crippen molar-refractivity contribution in [3.63, 3.8) is 0 Å². The number of benzene rings is 2. The van der Waals surface area contributed by atoms with Crippen LogP contribution in [0.5, 0.6) is 0 Å². The second-order valence-corrected chi connectivity index (χ2v) is 10.00. The highest BCUT2D eigenvalue weighted by Gasteiger charge is 2.47. The van der Waals surface area contributed by atoms with Crippen LogP contribution in [0.4, 0.5) is 4.79 Å². The average Bonchev–Trinajstić information content (AvgIpc) is 3.10. The summed E-state index contributed by atoms with van der Waals surface area (Å²) in [6.07, 6.45) is 4.11. The van der Waals surface area contributed by atoms with E-state index in [-0.39, 0.29) is 30.3 Å². The van der Waals surface area contributed by atoms with Gasteiger partial charge in [0.05, 0.1) is 0 Å². The molecule has 2 fully saturated rings. The summed E-state index contributed by atoms with van der Waals surface area (Å²) in [5.41, 5.74) is 3.23. The van der Waals surface area contributed by atoms with E-state index >= 15 is 0 Å². The minimum absolute atomic E-state index is 0.00345. The molecule has 3 aliphatic carbocycles. The van der Waals surface area contributed by atoms with Gasteiger partial charge in [-0.2, -0.15) is 0 Å². The first-order chi connectivity index (χ1) is 16.4. The molecule has 0 radical (unpaired) electrons. The van der Waals surface area contributed by atoms with Gasteiger partial charge in [0.15, 0.2) is 0 Å². The van der Waals surface area contributed by atoms with E-state index in [1.54, 1.807) is 0 Å². The van der Waals surface area contributed by atoms with Crippen LogP contribution in [0.3, 0.4) is 0 Å². The Morgan fingerprint density at radius 3 is 2.00 bits per heavy atom. The van der Waals surface area contributed by atoms with Crippen LogP contribution >= 0.6 is 0 Å². The lowest BCUT2D eigenvalue weighted by molar-refractivity contribution is -0.152. The highest BCUT2D eigenvalue weighted by molar-refractivity contribution is 5.88. The number of aliphatic carboxylic acids is 1. The molecule has 5 rings (SSSR count). The maximum Gasteiger partial charge on any atom is 0.407 e. The Bertz CT molecular complexity index is 1070. The van der Waals surface area contributed by atoms with Crippen molar-refractivity contribution in [1.82, 2.24) is 10.6 Å². The molecular formula is C27H30N2O5. The largest absolute Gasteiger partial charge is 0.480 e. The molecule has 7 heteroatoms. The molecule has 178 valence electrons. The van der Waals surface area contributed by atoms with E-state index < -0.39 is 17.6 Å². The lowest BCUT2D eigenvalue weighted by Gasteiger charge is -2.43. The zero-order valence-electron chi connectivity index (χ0n) is 19.1. The topological polar surface area (TPSA) is 105 Å². The molecule has 2 aromatic rings. The van der Waals surface area contributed by atoms with E-state index in [1.807, 2.05) is 24.3 Å². The van der Waals surface area contributed by atoms with Crippen LogP contribution in [0.2, 0.25) is 0 Å². The predicted molar refractivity (Wildman–Crippen MR) is 126 cm³/mol. The van der Waals surface area contributed by atoms with Gasteiger partial charge in [-0.05, 0) is 59.8 Å². The fourth-order valence-corrected chi connectivity index (χ4v) is 5.58. The smallest absolute Gasteiger partial charge is 0.407 e. The summed E-state index contributed by atoms with van der Waals surface area (Å²) in [5, 5.41) is 15.1. The number of carbonyl (C=O) groups excluding carboxylic acids is 2. The zero-order chi connectivity index (χ0) is 23.8. The van der Waals surface area contributed by atoms with E-state index in [0.717, 1.165) is 36.8 Å². The highest BCUT2D eigenvalue weighted by Crippen LogP contribution is 2.45. The molecule has 0 heterocycles. The number of rotatable bonds is 8. The minimum atomic E-state index is -1.11. The second-order valence-electron chi connectivity index (χ2n) is 10.00. The van der Waals surface area contributed by atoms with Gasteiger partial charge in [0.1, 0.15) is 12.1 Å². The van der Waals surface area contributed by atoms with Gasteiger partial charge in [-0.1, -0.05) is 55.0 Å². The number of hydrogen-bond acceptors (Lipinski definition) is 4. The molecule has 0 spiro atoms. The van der Waals surface area contributed by atoms with Crippen LogP contribution in [-0.4, -0.2) is 41.8 Å². The quantitative estimate of drug-likeness (QED) is 0.545. The lowest BCUT2D eigenvalue weighted by Crippen LogP contribution is -2.60. The Kier molecular flexibility index (Phi) is 5.80. The fraction of sp³-hybridized carbons (Fsp3) is 0.444. The number of ether oxygens (including phenoxy) is 1. The molecular weight excluding hydrogens is 432 g/mol. The van der Waals surface area contributed by atoms with Crippen molar-refractivity contribution in [2.75, 3.05) is 13.2 Å². The van der Waals surface area contributed by atoms with Crippen molar-refractivity contribution in [2.45, 2.75) is 56.4 Å². The summed E-state index contributed by atoms with van der Waals surface area (Å²) < 4.78 is 5.62. The number of carboxylic acid groups (broad SMARTS) is 1. The van der Waals surface area contributed by atoms with E-state index in [2.05, 4.69) is 34.9 Å². The zero-order valence-corrected chi connectivity index (χ0v) is 19.1. The van der Waals surface area contributed by atoms with Crippen molar-refractivity contribution >= 4 is 18.0 Å². The summed E-state index contributed by atoms with van der Waals surface area (Å²) in [7, 11) is 0. The van der Waals surface area contributed by atoms with Gasteiger partial charge in [-0.3, -0.25) is 4.79 Å². The Balaban J connectivity index is 1.16. The molecule has 3 N–H and O–H groups in total. The Morgan fingerprint density at radius 1 is 0.912 bits per heavy atom. The van der Waals surface area contributed by atoms with Gasteiger partial charge in [0.2, 0.25) is 5.91 Å². The van der Waals surface area contributed by atoms with E-state index in [9.17, 15) is 19.5 Å². The Labute approximate surface area is 198 Å². The Hall–Kier alpha value is -3.35. The number of amides is 2. The average molecular weight is 463 g/mol. The maximum absolute atomic E-state index is 12.6. The summed E-state index contributed by atoms with van der Waals surface area (Å²) in [5.74, 6) is -1.22. The monoisotopic (exact) mass is 462 g/mol. The summed E-state index contributed by atoms with van der Waals surface area (Å²) >= 11 is 0. The number of hydrogen-bond donors (Lipinski definition) is 3. The van der Waals surface area contributed by atoms with E-state index in [1.165, 1.54) is 11.1 Å². The lowest BCUT2D eigenvalue weighted by atomic mass is 9.66. The Morgan fingerprint density at radius 2 is 1.50 bits per heavy atom. The van der Waals surface area contributed by atoms with E-state index in [4.69, 9.17) is 4.74 Å². The van der Waals surface area contributed by atoms with Crippen LogP contribution in [0, 0.1) is 5.41 Å². The van der Waals surface area contributed by atoms with Gasteiger partial charge >= 0.3 is 12.1 Å². The standard InChI is InChI=1S/C27H30N2O5/c30-23(29-27(24(31)32)13-6-14-27)15-26(11-5-12-26)17-28-25(33)34-16-22-20-9-3-1-7-18(20)19-8-2-4-10-21(19)22/h1-4,7-10,22H,5-6,11-17H2,(H,28,33)(H,29,30)(H,31,32). The second kappa shape index (κ2) is 8.78. The number of carbonyl (C=O) groups is 3. The first-order valence-corrected chi connectivity index (χ1v) is 12.0. The fourth-order valence-electron chi connectivity index (χ4n) is 5.58. The van der Waals surface area contributed by atoms with Gasteiger partial charge in [-0.25, -0.2) is 9.59 Å². The summed E-state index contributed by atoms with van der Waals surface area (Å²) in [4.78, 5) is 36.7. The molecule has 0 bridgehead atoms. The van der Waals surface area contributed by atoms with Gasteiger partial charge < -0.3 is 20.5 Å². The number of nitrogens with one attached hydrogen (secondary N) is 2. The number of fused-ring (bicyclic) bond motifs is 3. The SMILES string of the molecule is O=C(CC1(CNC(=O)OCC2c3ccccc3-c3ccccc32)CCC1)NC1(C(=O)O)CCC1. The van der Waals surface area contributed by atoms with E-state index in [0.29, 0.717) is 19.4 Å². The van der Waals surface area contributed by atoms with Gasteiger partial charge in [-0.15, -0.1) is 0 Å². The van der Waals surface area contributed by atoms with Crippen LogP contribution in [0.15, 0.2) is 48.5 Å². The number of alkyl carbamates (subject to hydrolysis) is 1. The van der Waals surface area contributed by atoms with Gasteiger partial charge in [0, 0.05) is 18.9 Å². The van der Waals surface area contributed by atoms with Crippen LogP contribution < -0.4 is 10.6 Å². The van der Waals surface area contributed by atoms with Crippen LogP contribution in [-0.2, 0) is 14.3 Å². The van der Waals surface area contributed by atoms with Crippen LogP contribution in [0.25, 0.3) is 11.1 Å². The third-order valence-electron chi connectivity index (χ3n) is 7.90. The van der Waals surface area contributed by atoms with Crippen molar-refractivity contribution in [2.24, 2.45) is 5.41 Å². The molecule has 0 atom stereocenters. The molecule has 2 aromatic carbocycles. The number of carboxylic acids is 1. The molecule has 34 heavy (non-hydrogen) atoms. The summed E-state index contributed by atoms with van der Waals surface area (Å²) in [6.45, 7) is 0.589. The molecule has 0 saturated heterocycles. The van der Waals surface area contributed by atoms with Crippen molar-refractivity contribution in [3.8, 4) is 11.1 Å². The molecule has 7 nitrogen and oxygen atoms in total. The first-order valence-electron chi connectivity index (χ1n) is 12.0. The van der Waals surface area contributed by atoms with Crippen molar-refractivity contribution < 1.29 is 24.2 Å². The molecule has 3 aliphatic rings. The molecule has 0 unspecified atom stereocenters. The molecule has 2 amide bonds. The molecule has 0 aliphatic heterocycles. The molecule has 0 aromatic heterocycles. The normalized spacial score (nSPS) is 19.1. The van der Waals surface area contributed by atoms with Gasteiger partial charge in [0.25, 0.3) is 0 Å². The third kappa shape index (κ3) is 4.04. The van der Waals surface area contributed by atoms with Crippen LogP contribution in [0.1, 0.15) is 62.0 Å². The summed E-state index contributed by atoms with van der Waals surface area (Å²) in [6, 6.07) is 16.4.